The van der Waals surface area contributed by atoms with E-state index in [1.165, 1.54) is 0 Å². The van der Waals surface area contributed by atoms with Crippen LogP contribution in [0, 0.1) is 0 Å². The predicted octanol–water partition coefficient (Wildman–Crippen LogP) is 4.23. The molecule has 0 heterocycles. The van der Waals surface area contributed by atoms with Gasteiger partial charge in [-0.2, -0.15) is 0 Å². The SMILES string of the molecule is CCc1cc(O)c(C(C)CC)cc1Br. The second-order valence-electron chi connectivity index (χ2n) is 3.67. The Bertz CT molecular complexity index is 320. The zero-order valence-corrected chi connectivity index (χ0v) is 10.6. The van der Waals surface area contributed by atoms with Crippen LogP contribution in [0.2, 0.25) is 0 Å². The van der Waals surface area contributed by atoms with Crippen molar-refractivity contribution in [3.8, 4) is 5.75 Å². The van der Waals surface area contributed by atoms with Gasteiger partial charge in [-0.3, -0.25) is 0 Å². The van der Waals surface area contributed by atoms with Crippen molar-refractivity contribution < 1.29 is 5.11 Å². The topological polar surface area (TPSA) is 20.2 Å². The lowest BCUT2D eigenvalue weighted by molar-refractivity contribution is 0.461. The molecule has 0 bridgehead atoms. The third-order valence-electron chi connectivity index (χ3n) is 2.72. The van der Waals surface area contributed by atoms with Crippen LogP contribution in [0.25, 0.3) is 0 Å². The highest BCUT2D eigenvalue weighted by molar-refractivity contribution is 9.10. The van der Waals surface area contributed by atoms with Crippen LogP contribution in [0.4, 0.5) is 0 Å². The van der Waals surface area contributed by atoms with E-state index in [0.717, 1.165) is 28.4 Å². The summed E-state index contributed by atoms with van der Waals surface area (Å²) in [7, 11) is 0. The van der Waals surface area contributed by atoms with Gasteiger partial charge < -0.3 is 5.11 Å². The summed E-state index contributed by atoms with van der Waals surface area (Å²) < 4.78 is 1.10. The quantitative estimate of drug-likeness (QED) is 0.859. The first-order valence-corrected chi connectivity index (χ1v) is 5.90. The van der Waals surface area contributed by atoms with E-state index in [2.05, 4.69) is 36.7 Å². The molecule has 0 saturated carbocycles. The molecule has 0 aliphatic carbocycles. The molecule has 0 saturated heterocycles. The number of phenolic OH excluding ortho intramolecular Hbond substituents is 1. The maximum atomic E-state index is 9.83. The van der Waals surface area contributed by atoms with E-state index < -0.39 is 0 Å². The van der Waals surface area contributed by atoms with Crippen molar-refractivity contribution in [1.29, 1.82) is 0 Å². The highest BCUT2D eigenvalue weighted by atomic mass is 79.9. The van der Waals surface area contributed by atoms with Crippen LogP contribution < -0.4 is 0 Å². The van der Waals surface area contributed by atoms with Crippen molar-refractivity contribution in [2.45, 2.75) is 39.5 Å². The van der Waals surface area contributed by atoms with Crippen LogP contribution in [0.3, 0.4) is 0 Å². The monoisotopic (exact) mass is 256 g/mol. The number of hydrogen-bond acceptors (Lipinski definition) is 1. The van der Waals surface area contributed by atoms with Crippen molar-refractivity contribution in [3.05, 3.63) is 27.7 Å². The molecule has 0 spiro atoms. The van der Waals surface area contributed by atoms with E-state index in [9.17, 15) is 5.11 Å². The summed E-state index contributed by atoms with van der Waals surface area (Å²) in [4.78, 5) is 0. The lowest BCUT2D eigenvalue weighted by atomic mass is 9.96. The molecular formula is C12H17BrO. The smallest absolute Gasteiger partial charge is 0.119 e. The van der Waals surface area contributed by atoms with Crippen LogP contribution >= 0.6 is 15.9 Å². The zero-order chi connectivity index (χ0) is 10.7. The molecule has 78 valence electrons. The predicted molar refractivity (Wildman–Crippen MR) is 63.9 cm³/mol. The molecule has 0 aromatic heterocycles. The van der Waals surface area contributed by atoms with Crippen LogP contribution in [0.1, 0.15) is 44.2 Å². The third-order valence-corrected chi connectivity index (χ3v) is 3.46. The molecular weight excluding hydrogens is 240 g/mol. The van der Waals surface area contributed by atoms with Gasteiger partial charge in [-0.1, -0.05) is 36.7 Å². The maximum Gasteiger partial charge on any atom is 0.119 e. The highest BCUT2D eigenvalue weighted by Crippen LogP contribution is 2.33. The molecule has 2 heteroatoms. The van der Waals surface area contributed by atoms with Crippen molar-refractivity contribution in [2.24, 2.45) is 0 Å². The molecule has 1 aromatic carbocycles. The molecule has 0 radical (unpaired) electrons. The average Bonchev–Trinajstić information content (AvgIpc) is 2.19. The minimum Gasteiger partial charge on any atom is -0.508 e. The average molecular weight is 257 g/mol. The number of phenols is 1. The number of aromatic hydroxyl groups is 1. The fourth-order valence-corrected chi connectivity index (χ4v) is 2.15. The Morgan fingerprint density at radius 3 is 2.50 bits per heavy atom. The third kappa shape index (κ3) is 2.30. The van der Waals surface area contributed by atoms with Gasteiger partial charge >= 0.3 is 0 Å². The van der Waals surface area contributed by atoms with Gasteiger partial charge in [-0.25, -0.2) is 0 Å². The number of hydrogen-bond donors (Lipinski definition) is 1. The summed E-state index contributed by atoms with van der Waals surface area (Å²) in [5.41, 5.74) is 2.20. The first kappa shape index (κ1) is 11.6. The van der Waals surface area contributed by atoms with Gasteiger partial charge in [0, 0.05) is 4.47 Å². The lowest BCUT2D eigenvalue weighted by Gasteiger charge is -2.13. The first-order chi connectivity index (χ1) is 6.60. The minimum absolute atomic E-state index is 0.414. The van der Waals surface area contributed by atoms with Gasteiger partial charge in [0.25, 0.3) is 0 Å². The van der Waals surface area contributed by atoms with Crippen LogP contribution in [-0.2, 0) is 6.42 Å². The Hall–Kier alpha value is -0.500. The number of halogens is 1. The molecule has 0 fully saturated rings. The van der Waals surface area contributed by atoms with Crippen molar-refractivity contribution >= 4 is 15.9 Å². The molecule has 0 amide bonds. The van der Waals surface area contributed by atoms with Crippen LogP contribution in [0.5, 0.6) is 5.75 Å². The highest BCUT2D eigenvalue weighted by Gasteiger charge is 2.11. The van der Waals surface area contributed by atoms with Crippen molar-refractivity contribution in [3.63, 3.8) is 0 Å². The van der Waals surface area contributed by atoms with Gasteiger partial charge in [0.15, 0.2) is 0 Å². The maximum absolute atomic E-state index is 9.83. The summed E-state index contributed by atoms with van der Waals surface area (Å²) in [6.45, 7) is 6.35. The molecule has 0 aliphatic rings. The van der Waals surface area contributed by atoms with Crippen molar-refractivity contribution in [2.75, 3.05) is 0 Å². The number of rotatable bonds is 3. The van der Waals surface area contributed by atoms with E-state index in [1.807, 2.05) is 12.1 Å². The summed E-state index contributed by atoms with van der Waals surface area (Å²) in [5, 5.41) is 9.83. The van der Waals surface area contributed by atoms with E-state index >= 15 is 0 Å². The molecule has 1 rings (SSSR count). The summed E-state index contributed by atoms with van der Waals surface area (Å²) in [6.07, 6.45) is 1.99. The first-order valence-electron chi connectivity index (χ1n) is 5.11. The van der Waals surface area contributed by atoms with Gasteiger partial charge in [0.05, 0.1) is 0 Å². The summed E-state index contributed by atoms with van der Waals surface area (Å²) >= 11 is 3.53. The van der Waals surface area contributed by atoms with Gasteiger partial charge in [-0.15, -0.1) is 0 Å². The fourth-order valence-electron chi connectivity index (χ4n) is 1.51. The summed E-state index contributed by atoms with van der Waals surface area (Å²) in [5.74, 6) is 0.844. The molecule has 1 N–H and O–H groups in total. The summed E-state index contributed by atoms with van der Waals surface area (Å²) in [6, 6.07) is 3.91. The Balaban J connectivity index is 3.14. The number of aryl methyl sites for hydroxylation is 1. The lowest BCUT2D eigenvalue weighted by Crippen LogP contribution is -1.94. The van der Waals surface area contributed by atoms with E-state index in [1.54, 1.807) is 0 Å². The molecule has 0 aliphatic heterocycles. The molecule has 1 nitrogen and oxygen atoms in total. The van der Waals surface area contributed by atoms with Gasteiger partial charge in [0.1, 0.15) is 5.75 Å². The largest absolute Gasteiger partial charge is 0.508 e. The Morgan fingerprint density at radius 2 is 2.00 bits per heavy atom. The number of benzene rings is 1. The molecule has 14 heavy (non-hydrogen) atoms. The van der Waals surface area contributed by atoms with E-state index in [4.69, 9.17) is 0 Å². The van der Waals surface area contributed by atoms with Gasteiger partial charge in [-0.05, 0) is 42.0 Å². The second kappa shape index (κ2) is 4.83. The molecule has 1 atom stereocenters. The fraction of sp³-hybridized carbons (Fsp3) is 0.500. The molecule has 1 unspecified atom stereocenters. The minimum atomic E-state index is 0.414. The molecule has 1 aromatic rings. The standard InChI is InChI=1S/C12H17BrO/c1-4-8(3)10-7-11(13)9(5-2)6-12(10)14/h6-8,14H,4-5H2,1-3H3. The van der Waals surface area contributed by atoms with Crippen molar-refractivity contribution in [1.82, 2.24) is 0 Å². The normalized spacial score (nSPS) is 12.9. The Kier molecular flexibility index (Phi) is 3.99. The zero-order valence-electron chi connectivity index (χ0n) is 8.97. The Morgan fingerprint density at radius 1 is 1.36 bits per heavy atom. The van der Waals surface area contributed by atoms with Crippen LogP contribution in [0.15, 0.2) is 16.6 Å². The van der Waals surface area contributed by atoms with Gasteiger partial charge in [0.2, 0.25) is 0 Å². The second-order valence-corrected chi connectivity index (χ2v) is 4.52. The van der Waals surface area contributed by atoms with Crippen LogP contribution in [-0.4, -0.2) is 5.11 Å². The van der Waals surface area contributed by atoms with E-state index in [0.29, 0.717) is 11.7 Å². The van der Waals surface area contributed by atoms with E-state index in [-0.39, 0.29) is 0 Å². The Labute approximate surface area is 94.3 Å².